The summed E-state index contributed by atoms with van der Waals surface area (Å²) in [5.74, 6) is 0. The maximum Gasteiger partial charge on any atom is 0 e. The van der Waals surface area contributed by atoms with Crippen LogP contribution in [0.2, 0.25) is 0 Å². The third kappa shape index (κ3) is 12.0. The molecule has 0 saturated carbocycles. The zero-order chi connectivity index (χ0) is 3.41. The van der Waals surface area contributed by atoms with Crippen molar-refractivity contribution in [3.63, 3.8) is 0 Å². The zero-order valence-corrected chi connectivity index (χ0v) is 5.03. The predicted molar refractivity (Wildman–Crippen MR) is 24.8 cm³/mol. The van der Waals surface area contributed by atoms with Gasteiger partial charge in [0.05, 0.1) is 0 Å². The molecule has 0 rings (SSSR count). The van der Waals surface area contributed by atoms with Crippen molar-refractivity contribution in [3.8, 4) is 0 Å². The van der Waals surface area contributed by atoms with E-state index in [0.717, 1.165) is 6.16 Å². The molecule has 1 unspecified atom stereocenters. The second kappa shape index (κ2) is 8.82. The molecule has 0 heterocycles. The molecule has 0 aromatic rings. The van der Waals surface area contributed by atoms with E-state index < -0.39 is 0 Å². The summed E-state index contributed by atoms with van der Waals surface area (Å²) in [6, 6.07) is 0. The van der Waals surface area contributed by atoms with Crippen LogP contribution in [-0.4, -0.2) is 6.16 Å². The van der Waals surface area contributed by atoms with Gasteiger partial charge in [-0.05, 0) is 6.16 Å². The van der Waals surface area contributed by atoms with Crippen molar-refractivity contribution in [2.45, 2.75) is 0 Å². The van der Waals surface area contributed by atoms with Crippen molar-refractivity contribution in [2.75, 3.05) is 6.16 Å². The molecule has 0 bridgehead atoms. The van der Waals surface area contributed by atoms with Crippen LogP contribution in [-0.2, 0) is 16.5 Å². The molecular formula is C3H7NiP. The first-order valence-electron chi connectivity index (χ1n) is 1.22. The van der Waals surface area contributed by atoms with Gasteiger partial charge < -0.3 is 0 Å². The van der Waals surface area contributed by atoms with Gasteiger partial charge in [0.2, 0.25) is 0 Å². The summed E-state index contributed by atoms with van der Waals surface area (Å²) < 4.78 is 0. The molecule has 0 aromatic heterocycles. The Morgan fingerprint density at radius 1 is 1.80 bits per heavy atom. The van der Waals surface area contributed by atoms with Gasteiger partial charge in [-0.1, -0.05) is 6.08 Å². The summed E-state index contributed by atoms with van der Waals surface area (Å²) >= 11 is 0. The first kappa shape index (κ1) is 9.18. The van der Waals surface area contributed by atoms with Crippen LogP contribution in [0.5, 0.6) is 0 Å². The van der Waals surface area contributed by atoms with E-state index in [2.05, 4.69) is 15.8 Å². The molecule has 5 heavy (non-hydrogen) atoms. The minimum absolute atomic E-state index is 0. The summed E-state index contributed by atoms with van der Waals surface area (Å²) in [5, 5.41) is 0. The number of hydrogen-bond acceptors (Lipinski definition) is 0. The number of hydrogen-bond donors (Lipinski definition) is 0. The topological polar surface area (TPSA) is 0 Å². The summed E-state index contributed by atoms with van der Waals surface area (Å²) in [6.07, 6.45) is 2.84. The standard InChI is InChI=1S/C3H7P.Ni/c1-2-3-4;/h2H,1,3-4H2;. The van der Waals surface area contributed by atoms with Gasteiger partial charge in [-0.3, -0.25) is 0 Å². The second-order valence-corrected chi connectivity index (χ2v) is 0.996. The number of rotatable bonds is 1. The molecule has 0 fully saturated rings. The summed E-state index contributed by atoms with van der Waals surface area (Å²) in [5.41, 5.74) is 0. The summed E-state index contributed by atoms with van der Waals surface area (Å²) in [6.45, 7) is 3.46. The first-order chi connectivity index (χ1) is 1.91. The van der Waals surface area contributed by atoms with Crippen molar-refractivity contribution in [3.05, 3.63) is 12.7 Å². The fourth-order valence-corrected chi connectivity index (χ4v) is 0. The minimum atomic E-state index is 0. The molecule has 2 heteroatoms. The van der Waals surface area contributed by atoms with Gasteiger partial charge >= 0.3 is 0 Å². The Kier molecular flexibility index (Phi) is 16.2. The molecule has 0 N–H and O–H groups in total. The third-order valence-corrected chi connectivity index (χ3v) is 0.500. The van der Waals surface area contributed by atoms with Crippen molar-refractivity contribution < 1.29 is 16.5 Å². The average molecular weight is 133 g/mol. The van der Waals surface area contributed by atoms with Crippen molar-refractivity contribution >= 4 is 9.24 Å². The van der Waals surface area contributed by atoms with E-state index in [0.29, 0.717) is 0 Å². The average Bonchev–Trinajstić information content (AvgIpc) is 1.37. The second-order valence-electron chi connectivity index (χ2n) is 0.524. The fraction of sp³-hybridized carbons (Fsp3) is 0.333. The van der Waals surface area contributed by atoms with Gasteiger partial charge in [0, 0.05) is 16.5 Å². The molecule has 34 valence electrons. The molecular weight excluding hydrogens is 126 g/mol. The van der Waals surface area contributed by atoms with Crippen LogP contribution in [0.25, 0.3) is 0 Å². The van der Waals surface area contributed by atoms with Crippen LogP contribution in [0.3, 0.4) is 0 Å². The molecule has 0 aliphatic rings. The Labute approximate surface area is 45.2 Å². The van der Waals surface area contributed by atoms with Crippen LogP contribution in [0.4, 0.5) is 0 Å². The quantitative estimate of drug-likeness (QED) is 0.284. The molecule has 0 aliphatic carbocycles. The molecule has 0 amide bonds. The monoisotopic (exact) mass is 132 g/mol. The van der Waals surface area contributed by atoms with E-state index in [4.69, 9.17) is 0 Å². The minimum Gasteiger partial charge on any atom is -0.134 e. The third-order valence-electron chi connectivity index (χ3n) is 0.167. The predicted octanol–water partition coefficient (Wildman–Crippen LogP) is 1.04. The molecule has 0 nitrogen and oxygen atoms in total. The Bertz CT molecular complexity index is 20.9. The summed E-state index contributed by atoms with van der Waals surface area (Å²) in [4.78, 5) is 0. The van der Waals surface area contributed by atoms with E-state index in [1.807, 2.05) is 6.08 Å². The van der Waals surface area contributed by atoms with Gasteiger partial charge in [0.1, 0.15) is 0 Å². The maximum absolute atomic E-state index is 3.46. The van der Waals surface area contributed by atoms with Gasteiger partial charge in [-0.25, -0.2) is 0 Å². The van der Waals surface area contributed by atoms with Crippen LogP contribution >= 0.6 is 9.24 Å². The van der Waals surface area contributed by atoms with Crippen molar-refractivity contribution in [1.82, 2.24) is 0 Å². The molecule has 0 saturated heterocycles. The van der Waals surface area contributed by atoms with E-state index >= 15 is 0 Å². The summed E-state index contributed by atoms with van der Waals surface area (Å²) in [7, 11) is 2.54. The zero-order valence-electron chi connectivity index (χ0n) is 2.89. The molecule has 1 atom stereocenters. The molecule has 0 aliphatic heterocycles. The van der Waals surface area contributed by atoms with Crippen molar-refractivity contribution in [2.24, 2.45) is 0 Å². The van der Waals surface area contributed by atoms with E-state index in [9.17, 15) is 0 Å². The van der Waals surface area contributed by atoms with Crippen LogP contribution < -0.4 is 0 Å². The Morgan fingerprint density at radius 3 is 2.00 bits per heavy atom. The van der Waals surface area contributed by atoms with E-state index in [-0.39, 0.29) is 16.5 Å². The van der Waals surface area contributed by atoms with Crippen LogP contribution in [0.15, 0.2) is 12.7 Å². The van der Waals surface area contributed by atoms with Crippen molar-refractivity contribution in [1.29, 1.82) is 0 Å². The van der Waals surface area contributed by atoms with Gasteiger partial charge in [0.25, 0.3) is 0 Å². The van der Waals surface area contributed by atoms with Gasteiger partial charge in [-0.2, -0.15) is 0 Å². The molecule has 0 aromatic carbocycles. The number of allylic oxidation sites excluding steroid dienone is 1. The van der Waals surface area contributed by atoms with E-state index in [1.54, 1.807) is 0 Å². The largest absolute Gasteiger partial charge is 0.134 e. The van der Waals surface area contributed by atoms with Gasteiger partial charge in [0.15, 0.2) is 0 Å². The first-order valence-corrected chi connectivity index (χ1v) is 2.04. The molecule has 0 spiro atoms. The fourth-order valence-electron chi connectivity index (χ4n) is 0. The SMILES string of the molecule is C=CCP.[Ni]. The Hall–Kier alpha value is 0.664. The Morgan fingerprint density at radius 2 is 2.00 bits per heavy atom. The smallest absolute Gasteiger partial charge is 0 e. The Balaban J connectivity index is 0. The van der Waals surface area contributed by atoms with Gasteiger partial charge in [-0.15, -0.1) is 15.8 Å². The van der Waals surface area contributed by atoms with Crippen LogP contribution in [0, 0.1) is 0 Å². The molecule has 0 radical (unpaired) electrons. The maximum atomic E-state index is 3.46. The van der Waals surface area contributed by atoms with E-state index in [1.165, 1.54) is 0 Å². The van der Waals surface area contributed by atoms with Crippen LogP contribution in [0.1, 0.15) is 0 Å². The normalized spacial score (nSPS) is 5.00.